The van der Waals surface area contributed by atoms with Crippen molar-refractivity contribution in [2.45, 2.75) is 6.92 Å². The summed E-state index contributed by atoms with van der Waals surface area (Å²) < 4.78 is 0. The molecule has 102 valence electrons. The molecule has 0 fully saturated rings. The third kappa shape index (κ3) is 3.52. The summed E-state index contributed by atoms with van der Waals surface area (Å²) in [6.45, 7) is 1.85. The molecule has 0 radical (unpaired) electrons. The molecule has 1 aromatic heterocycles. The lowest BCUT2D eigenvalue weighted by Crippen LogP contribution is -2.12. The number of carboxylic acids is 1. The fourth-order valence-corrected chi connectivity index (χ4v) is 1.65. The molecule has 2 aromatic rings. The van der Waals surface area contributed by atoms with E-state index in [4.69, 9.17) is 5.11 Å². The average Bonchev–Trinajstić information content (AvgIpc) is 2.89. The summed E-state index contributed by atoms with van der Waals surface area (Å²) >= 11 is 0. The number of aliphatic carboxylic acids is 1. The first-order chi connectivity index (χ1) is 9.54. The molecule has 20 heavy (non-hydrogen) atoms. The fraction of sp³-hybridized carbons (Fsp3) is 0.0769. The lowest BCUT2D eigenvalue weighted by molar-refractivity contribution is -0.131. The van der Waals surface area contributed by atoms with Crippen molar-refractivity contribution in [1.82, 2.24) is 15.4 Å². The molecule has 7 heteroatoms. The molecule has 1 amide bonds. The van der Waals surface area contributed by atoms with Crippen molar-refractivity contribution in [1.29, 1.82) is 0 Å². The molecular weight excluding hydrogens is 260 g/mol. The van der Waals surface area contributed by atoms with Crippen molar-refractivity contribution < 1.29 is 14.7 Å². The van der Waals surface area contributed by atoms with Crippen LogP contribution >= 0.6 is 0 Å². The average molecular weight is 272 g/mol. The Hall–Kier alpha value is -2.96. The zero-order valence-corrected chi connectivity index (χ0v) is 10.6. The molecule has 0 atom stereocenters. The number of anilines is 1. The van der Waals surface area contributed by atoms with E-state index < -0.39 is 11.9 Å². The van der Waals surface area contributed by atoms with E-state index in [0.29, 0.717) is 11.3 Å². The number of rotatable bonds is 4. The third-order valence-electron chi connectivity index (χ3n) is 2.42. The number of nitrogens with zero attached hydrogens (tertiary/aromatic N) is 2. The van der Waals surface area contributed by atoms with Crippen molar-refractivity contribution in [2.75, 3.05) is 5.32 Å². The maximum atomic E-state index is 11.8. The number of carbonyl (C=O) groups is 2. The van der Waals surface area contributed by atoms with Crippen LogP contribution < -0.4 is 5.32 Å². The number of benzene rings is 1. The van der Waals surface area contributed by atoms with Crippen LogP contribution in [0.3, 0.4) is 0 Å². The maximum Gasteiger partial charge on any atom is 0.328 e. The van der Waals surface area contributed by atoms with Gasteiger partial charge < -0.3 is 10.4 Å². The Morgan fingerprint density at radius 1 is 1.35 bits per heavy atom. The molecular formula is C13H12N4O3. The number of hydrogen-bond donors (Lipinski definition) is 3. The van der Waals surface area contributed by atoms with Crippen LogP contribution in [-0.4, -0.2) is 32.4 Å². The summed E-state index contributed by atoms with van der Waals surface area (Å²) in [4.78, 5) is 22.3. The van der Waals surface area contributed by atoms with Gasteiger partial charge in [-0.2, -0.15) is 15.4 Å². The van der Waals surface area contributed by atoms with E-state index >= 15 is 0 Å². The first-order valence-corrected chi connectivity index (χ1v) is 5.74. The molecule has 0 aliphatic rings. The summed E-state index contributed by atoms with van der Waals surface area (Å²) in [6.07, 6.45) is 3.81. The Bertz CT molecular complexity index is 662. The monoisotopic (exact) mass is 272 g/mol. The zero-order chi connectivity index (χ0) is 14.5. The molecule has 0 spiro atoms. The van der Waals surface area contributed by atoms with E-state index in [1.807, 2.05) is 13.0 Å². The standard InChI is InChI=1S/C13H12N4O3/c1-8-4-9(2-3-12(18)19)6-10(5-8)15-13(20)11-7-14-17-16-11/h2-7H,1H3,(H,15,20)(H,18,19)(H,14,16,17)/b3-2+. The highest BCUT2D eigenvalue weighted by atomic mass is 16.4. The van der Waals surface area contributed by atoms with Crippen molar-refractivity contribution in [3.05, 3.63) is 47.3 Å². The van der Waals surface area contributed by atoms with Gasteiger partial charge in [-0.3, -0.25) is 4.79 Å². The van der Waals surface area contributed by atoms with Gasteiger partial charge in [0.1, 0.15) is 0 Å². The minimum absolute atomic E-state index is 0.175. The van der Waals surface area contributed by atoms with E-state index in [9.17, 15) is 9.59 Å². The first kappa shape index (κ1) is 13.5. The topological polar surface area (TPSA) is 108 Å². The van der Waals surface area contributed by atoms with Gasteiger partial charge in [0, 0.05) is 11.8 Å². The second-order valence-corrected chi connectivity index (χ2v) is 4.11. The van der Waals surface area contributed by atoms with Crippen LogP contribution in [-0.2, 0) is 4.79 Å². The molecule has 1 aromatic carbocycles. The van der Waals surface area contributed by atoms with Gasteiger partial charge in [0.15, 0.2) is 5.69 Å². The number of carboxylic acid groups (broad SMARTS) is 1. The lowest BCUT2D eigenvalue weighted by atomic mass is 10.1. The van der Waals surface area contributed by atoms with Crippen molar-refractivity contribution in [3.8, 4) is 0 Å². The number of carbonyl (C=O) groups excluding carboxylic acids is 1. The minimum atomic E-state index is -1.03. The van der Waals surface area contributed by atoms with Crippen LogP contribution in [0.5, 0.6) is 0 Å². The third-order valence-corrected chi connectivity index (χ3v) is 2.42. The lowest BCUT2D eigenvalue weighted by Gasteiger charge is -2.06. The van der Waals surface area contributed by atoms with Crippen LogP contribution in [0.1, 0.15) is 21.6 Å². The molecule has 3 N–H and O–H groups in total. The number of amides is 1. The van der Waals surface area contributed by atoms with E-state index in [2.05, 4.69) is 20.7 Å². The molecule has 1 heterocycles. The molecule has 0 aliphatic carbocycles. The summed E-state index contributed by atoms with van der Waals surface area (Å²) in [5.74, 6) is -1.42. The smallest absolute Gasteiger partial charge is 0.328 e. The van der Waals surface area contributed by atoms with Gasteiger partial charge in [-0.15, -0.1) is 0 Å². The van der Waals surface area contributed by atoms with Gasteiger partial charge in [-0.05, 0) is 36.3 Å². The van der Waals surface area contributed by atoms with Gasteiger partial charge in [-0.1, -0.05) is 6.07 Å². The largest absolute Gasteiger partial charge is 0.478 e. The molecule has 0 saturated carbocycles. The Balaban J connectivity index is 2.20. The van der Waals surface area contributed by atoms with Gasteiger partial charge in [0.2, 0.25) is 0 Å². The van der Waals surface area contributed by atoms with E-state index in [1.165, 1.54) is 12.3 Å². The highest BCUT2D eigenvalue weighted by Crippen LogP contribution is 2.16. The van der Waals surface area contributed by atoms with Gasteiger partial charge >= 0.3 is 5.97 Å². The second-order valence-electron chi connectivity index (χ2n) is 4.11. The van der Waals surface area contributed by atoms with Crippen LogP contribution in [0.15, 0.2) is 30.5 Å². The minimum Gasteiger partial charge on any atom is -0.478 e. The Labute approximate surface area is 114 Å². The number of aromatic amines is 1. The molecule has 2 rings (SSSR count). The number of nitrogens with one attached hydrogen (secondary N) is 2. The molecule has 0 aliphatic heterocycles. The highest BCUT2D eigenvalue weighted by Gasteiger charge is 2.09. The van der Waals surface area contributed by atoms with Crippen molar-refractivity contribution in [3.63, 3.8) is 0 Å². The van der Waals surface area contributed by atoms with Crippen LogP contribution in [0, 0.1) is 6.92 Å². The number of H-pyrrole nitrogens is 1. The Kier molecular flexibility index (Phi) is 3.90. The summed E-state index contributed by atoms with van der Waals surface area (Å²) in [6, 6.07) is 5.26. The van der Waals surface area contributed by atoms with Crippen LogP contribution in [0.25, 0.3) is 6.08 Å². The van der Waals surface area contributed by atoms with Crippen molar-refractivity contribution in [2.24, 2.45) is 0 Å². The normalized spacial score (nSPS) is 10.7. The molecule has 0 bridgehead atoms. The number of hydrogen-bond acceptors (Lipinski definition) is 4. The summed E-state index contributed by atoms with van der Waals surface area (Å²) in [5.41, 5.74) is 2.31. The Morgan fingerprint density at radius 2 is 2.15 bits per heavy atom. The first-order valence-electron chi connectivity index (χ1n) is 5.74. The van der Waals surface area contributed by atoms with Gasteiger partial charge in [0.25, 0.3) is 5.91 Å². The van der Waals surface area contributed by atoms with E-state index in [-0.39, 0.29) is 5.69 Å². The molecule has 0 saturated heterocycles. The Morgan fingerprint density at radius 3 is 2.80 bits per heavy atom. The molecule has 0 unspecified atom stereocenters. The molecule has 7 nitrogen and oxygen atoms in total. The zero-order valence-electron chi connectivity index (χ0n) is 10.6. The van der Waals surface area contributed by atoms with E-state index in [0.717, 1.165) is 11.6 Å². The number of aromatic nitrogens is 3. The predicted octanol–water partition coefficient (Wildman–Crippen LogP) is 1.46. The quantitative estimate of drug-likeness (QED) is 0.730. The van der Waals surface area contributed by atoms with Crippen LogP contribution in [0.4, 0.5) is 5.69 Å². The van der Waals surface area contributed by atoms with Crippen LogP contribution in [0.2, 0.25) is 0 Å². The van der Waals surface area contributed by atoms with Gasteiger partial charge in [0.05, 0.1) is 6.20 Å². The summed E-state index contributed by atoms with van der Waals surface area (Å²) in [5, 5.41) is 20.9. The van der Waals surface area contributed by atoms with Gasteiger partial charge in [-0.25, -0.2) is 4.79 Å². The van der Waals surface area contributed by atoms with Crippen molar-refractivity contribution >= 4 is 23.6 Å². The van der Waals surface area contributed by atoms with E-state index in [1.54, 1.807) is 12.1 Å². The predicted molar refractivity (Wildman–Crippen MR) is 72.2 cm³/mol. The number of aryl methyl sites for hydroxylation is 1. The SMILES string of the molecule is Cc1cc(/C=C/C(=O)O)cc(NC(=O)c2cn[nH]n2)c1. The maximum absolute atomic E-state index is 11.8. The summed E-state index contributed by atoms with van der Waals surface area (Å²) in [7, 11) is 0. The second kappa shape index (κ2) is 5.79. The highest BCUT2D eigenvalue weighted by molar-refractivity contribution is 6.02. The fourth-order valence-electron chi connectivity index (χ4n) is 1.65.